The highest BCUT2D eigenvalue weighted by molar-refractivity contribution is 9.10. The summed E-state index contributed by atoms with van der Waals surface area (Å²) in [5.74, 6) is 1.60. The first kappa shape index (κ1) is 19.1. The average molecular weight is 408 g/mol. The molecule has 0 aliphatic rings. The maximum absolute atomic E-state index is 12.5. The number of carbonyl (C=O) groups is 1. The number of amides is 1. The number of hydrogen-bond donors (Lipinski definition) is 1. The van der Waals surface area contributed by atoms with E-state index in [9.17, 15) is 4.79 Å². The van der Waals surface area contributed by atoms with E-state index in [-0.39, 0.29) is 12.0 Å². The van der Waals surface area contributed by atoms with Gasteiger partial charge in [-0.05, 0) is 59.6 Å². The van der Waals surface area contributed by atoms with Gasteiger partial charge in [0.2, 0.25) is 0 Å². The maximum atomic E-state index is 12.5. The molecule has 0 fully saturated rings. The summed E-state index contributed by atoms with van der Waals surface area (Å²) in [6.45, 7) is 4.21. The number of nitrogens with one attached hydrogen (secondary N) is 1. The SMILES string of the molecule is COc1cc(CNC(=O)c2ccccc2OC(C)C)cc(Br)c1OC. The fourth-order valence-corrected chi connectivity index (χ4v) is 3.01. The summed E-state index contributed by atoms with van der Waals surface area (Å²) < 4.78 is 17.1. The zero-order valence-corrected chi connectivity index (χ0v) is 16.3. The average Bonchev–Trinajstić information content (AvgIpc) is 2.59. The van der Waals surface area contributed by atoms with Gasteiger partial charge in [0, 0.05) is 6.54 Å². The molecule has 0 unspecified atom stereocenters. The Balaban J connectivity index is 2.14. The Morgan fingerprint density at radius 3 is 2.48 bits per heavy atom. The molecule has 2 aromatic rings. The summed E-state index contributed by atoms with van der Waals surface area (Å²) in [5.41, 5.74) is 1.40. The van der Waals surface area contributed by atoms with E-state index in [1.807, 2.05) is 38.1 Å². The van der Waals surface area contributed by atoms with E-state index in [0.29, 0.717) is 29.4 Å². The fraction of sp³-hybridized carbons (Fsp3) is 0.316. The van der Waals surface area contributed by atoms with Crippen molar-refractivity contribution >= 4 is 21.8 Å². The molecule has 1 amide bonds. The number of ether oxygens (including phenoxy) is 3. The molecule has 25 heavy (non-hydrogen) atoms. The minimum Gasteiger partial charge on any atom is -0.493 e. The van der Waals surface area contributed by atoms with Crippen LogP contribution in [0.15, 0.2) is 40.9 Å². The first-order valence-electron chi connectivity index (χ1n) is 7.90. The van der Waals surface area contributed by atoms with Crippen LogP contribution in [-0.2, 0) is 6.54 Å². The smallest absolute Gasteiger partial charge is 0.255 e. The Labute approximate surface area is 156 Å². The Morgan fingerprint density at radius 2 is 1.84 bits per heavy atom. The molecule has 134 valence electrons. The predicted molar refractivity (Wildman–Crippen MR) is 101 cm³/mol. The molecule has 1 N–H and O–H groups in total. The molecule has 0 spiro atoms. The molecule has 0 aliphatic heterocycles. The molecule has 0 heterocycles. The summed E-state index contributed by atoms with van der Waals surface area (Å²) in [4.78, 5) is 12.5. The Bertz CT molecular complexity index is 746. The number of halogens is 1. The van der Waals surface area contributed by atoms with E-state index in [4.69, 9.17) is 14.2 Å². The lowest BCUT2D eigenvalue weighted by Crippen LogP contribution is -2.24. The standard InChI is InChI=1S/C19H22BrNO4/c1-12(2)25-16-8-6-5-7-14(16)19(22)21-11-13-9-15(20)18(24-4)17(10-13)23-3/h5-10,12H,11H2,1-4H3,(H,21,22). The van der Waals surface area contributed by atoms with Gasteiger partial charge in [-0.25, -0.2) is 0 Å². The second kappa shape index (κ2) is 8.76. The minimum atomic E-state index is -0.192. The normalized spacial score (nSPS) is 10.5. The largest absolute Gasteiger partial charge is 0.493 e. The highest BCUT2D eigenvalue weighted by Gasteiger charge is 2.14. The number of carbonyl (C=O) groups excluding carboxylic acids is 1. The van der Waals surface area contributed by atoms with Gasteiger partial charge in [0.25, 0.3) is 5.91 Å². The summed E-state index contributed by atoms with van der Waals surface area (Å²) in [5, 5.41) is 2.91. The van der Waals surface area contributed by atoms with Crippen molar-refractivity contribution in [3.8, 4) is 17.2 Å². The Hall–Kier alpha value is -2.21. The molecule has 0 bridgehead atoms. The van der Waals surface area contributed by atoms with Crippen LogP contribution in [0.2, 0.25) is 0 Å². The molecular formula is C19H22BrNO4. The van der Waals surface area contributed by atoms with Crippen LogP contribution in [-0.4, -0.2) is 26.2 Å². The van der Waals surface area contributed by atoms with Crippen molar-refractivity contribution in [1.82, 2.24) is 5.32 Å². The summed E-state index contributed by atoms with van der Waals surface area (Å²) in [6.07, 6.45) is -0.00393. The molecule has 0 radical (unpaired) electrons. The highest BCUT2D eigenvalue weighted by Crippen LogP contribution is 2.36. The van der Waals surface area contributed by atoms with Crippen LogP contribution >= 0.6 is 15.9 Å². The van der Waals surface area contributed by atoms with E-state index in [1.165, 1.54) is 0 Å². The third kappa shape index (κ3) is 4.89. The van der Waals surface area contributed by atoms with E-state index in [0.717, 1.165) is 10.0 Å². The Kier molecular flexibility index (Phi) is 6.70. The monoisotopic (exact) mass is 407 g/mol. The van der Waals surface area contributed by atoms with E-state index in [1.54, 1.807) is 26.4 Å². The van der Waals surface area contributed by atoms with Crippen LogP contribution in [0.3, 0.4) is 0 Å². The number of para-hydroxylation sites is 1. The van der Waals surface area contributed by atoms with Gasteiger partial charge in [-0.3, -0.25) is 4.79 Å². The molecule has 2 aromatic carbocycles. The van der Waals surface area contributed by atoms with Crippen LogP contribution in [0.4, 0.5) is 0 Å². The zero-order chi connectivity index (χ0) is 18.4. The second-order valence-electron chi connectivity index (χ2n) is 5.66. The van der Waals surface area contributed by atoms with Gasteiger partial charge >= 0.3 is 0 Å². The van der Waals surface area contributed by atoms with Gasteiger partial charge < -0.3 is 19.5 Å². The molecule has 0 saturated heterocycles. The van der Waals surface area contributed by atoms with Gasteiger partial charge in [0.15, 0.2) is 11.5 Å². The molecule has 2 rings (SSSR count). The third-order valence-corrected chi connectivity index (χ3v) is 4.03. The lowest BCUT2D eigenvalue weighted by Gasteiger charge is -2.15. The summed E-state index contributed by atoms with van der Waals surface area (Å²) in [7, 11) is 3.15. The topological polar surface area (TPSA) is 56.8 Å². The molecular weight excluding hydrogens is 386 g/mol. The van der Waals surface area contributed by atoms with Crippen LogP contribution < -0.4 is 19.5 Å². The number of rotatable bonds is 7. The van der Waals surface area contributed by atoms with Crippen molar-refractivity contribution in [3.05, 3.63) is 52.0 Å². The van der Waals surface area contributed by atoms with Crippen molar-refractivity contribution < 1.29 is 19.0 Å². The van der Waals surface area contributed by atoms with Gasteiger partial charge in [-0.15, -0.1) is 0 Å². The van der Waals surface area contributed by atoms with Gasteiger partial charge in [-0.1, -0.05) is 12.1 Å². The number of benzene rings is 2. The first-order valence-corrected chi connectivity index (χ1v) is 8.69. The second-order valence-corrected chi connectivity index (χ2v) is 6.51. The lowest BCUT2D eigenvalue weighted by molar-refractivity contribution is 0.0945. The van der Waals surface area contributed by atoms with Gasteiger partial charge in [0.1, 0.15) is 5.75 Å². The molecule has 0 aromatic heterocycles. The van der Waals surface area contributed by atoms with Crippen molar-refractivity contribution in [1.29, 1.82) is 0 Å². The maximum Gasteiger partial charge on any atom is 0.255 e. The molecule has 0 aliphatic carbocycles. The number of hydrogen-bond acceptors (Lipinski definition) is 4. The van der Waals surface area contributed by atoms with Gasteiger partial charge in [-0.2, -0.15) is 0 Å². The van der Waals surface area contributed by atoms with Gasteiger partial charge in [0.05, 0.1) is 30.4 Å². The summed E-state index contributed by atoms with van der Waals surface area (Å²) >= 11 is 3.45. The minimum absolute atomic E-state index is 0.00393. The van der Waals surface area contributed by atoms with E-state index >= 15 is 0 Å². The van der Waals surface area contributed by atoms with Crippen molar-refractivity contribution in [2.24, 2.45) is 0 Å². The fourth-order valence-electron chi connectivity index (χ4n) is 2.36. The van der Waals surface area contributed by atoms with Crippen molar-refractivity contribution in [2.45, 2.75) is 26.5 Å². The molecule has 5 nitrogen and oxygen atoms in total. The first-order chi connectivity index (χ1) is 12.0. The number of methoxy groups -OCH3 is 2. The summed E-state index contributed by atoms with van der Waals surface area (Å²) in [6, 6.07) is 10.9. The van der Waals surface area contributed by atoms with Crippen molar-refractivity contribution in [2.75, 3.05) is 14.2 Å². The van der Waals surface area contributed by atoms with Crippen LogP contribution in [0.1, 0.15) is 29.8 Å². The predicted octanol–water partition coefficient (Wildman–Crippen LogP) is 4.18. The zero-order valence-electron chi connectivity index (χ0n) is 14.8. The van der Waals surface area contributed by atoms with Crippen molar-refractivity contribution in [3.63, 3.8) is 0 Å². The molecule has 0 saturated carbocycles. The highest BCUT2D eigenvalue weighted by atomic mass is 79.9. The van der Waals surface area contributed by atoms with Crippen LogP contribution in [0.25, 0.3) is 0 Å². The quantitative estimate of drug-likeness (QED) is 0.747. The molecule has 6 heteroatoms. The third-order valence-electron chi connectivity index (χ3n) is 3.44. The van der Waals surface area contributed by atoms with E-state index in [2.05, 4.69) is 21.2 Å². The molecule has 0 atom stereocenters. The van der Waals surface area contributed by atoms with Crippen LogP contribution in [0, 0.1) is 0 Å². The van der Waals surface area contributed by atoms with E-state index < -0.39 is 0 Å². The lowest BCUT2D eigenvalue weighted by atomic mass is 10.1. The van der Waals surface area contributed by atoms with Crippen LogP contribution in [0.5, 0.6) is 17.2 Å². The Morgan fingerprint density at radius 1 is 1.12 bits per heavy atom.